The van der Waals surface area contributed by atoms with Gasteiger partial charge in [-0.3, -0.25) is 0 Å². The van der Waals surface area contributed by atoms with Crippen LogP contribution < -0.4 is 15.0 Å². The molecule has 7 rings (SSSR count). The monoisotopic (exact) mass is 514 g/mol. The summed E-state index contributed by atoms with van der Waals surface area (Å²) in [5.41, 5.74) is 3.96. The van der Waals surface area contributed by atoms with Crippen LogP contribution in [0.5, 0.6) is 11.5 Å². The second-order valence-electron chi connectivity index (χ2n) is 9.33. The lowest BCUT2D eigenvalue weighted by atomic mass is 10.2. The number of benzene rings is 2. The molecule has 3 aromatic heterocycles. The van der Waals surface area contributed by atoms with Crippen LogP contribution >= 0.6 is 11.6 Å². The van der Waals surface area contributed by atoms with Crippen LogP contribution in [-0.4, -0.2) is 54.8 Å². The highest BCUT2D eigenvalue weighted by Gasteiger charge is 2.39. The lowest BCUT2D eigenvalue weighted by molar-refractivity contribution is 0.0898. The van der Waals surface area contributed by atoms with Crippen molar-refractivity contribution >= 4 is 51.1 Å². The maximum Gasteiger partial charge on any atom is 0.226 e. The number of nitrogens with zero attached hydrogens (tertiary/aromatic N) is 7. The van der Waals surface area contributed by atoms with E-state index >= 15 is 0 Å². The molecule has 186 valence electrons. The van der Waals surface area contributed by atoms with Gasteiger partial charge < -0.3 is 24.3 Å². The summed E-state index contributed by atoms with van der Waals surface area (Å²) in [5, 5.41) is 3.80. The molecule has 0 spiro atoms. The van der Waals surface area contributed by atoms with Crippen molar-refractivity contribution in [2.45, 2.75) is 24.9 Å². The topological polar surface area (TPSA) is 103 Å². The number of imidazole rings is 1. The summed E-state index contributed by atoms with van der Waals surface area (Å²) >= 11 is 6.59. The summed E-state index contributed by atoms with van der Waals surface area (Å²) in [7, 11) is 1.96. The first kappa shape index (κ1) is 22.2. The average Bonchev–Trinajstić information content (AvgIpc) is 3.40. The first-order valence-electron chi connectivity index (χ1n) is 12.1. The molecule has 2 unspecified atom stereocenters. The molecule has 37 heavy (non-hydrogen) atoms. The third kappa shape index (κ3) is 3.98. The summed E-state index contributed by atoms with van der Waals surface area (Å²) in [6.45, 7) is 1.41. The molecule has 5 heterocycles. The van der Waals surface area contributed by atoms with Gasteiger partial charge in [-0.15, -0.1) is 0 Å². The summed E-state index contributed by atoms with van der Waals surface area (Å²) in [6.07, 6.45) is 7.20. The molecule has 2 bridgehead atoms. The molecule has 2 saturated heterocycles. The SMILES string of the molecule is Cn1cnc2cc(Oc3ccc(Nc4ncnc5cnc(N6C7CCC6COC7)nc45)cc3Cl)ccc21. The van der Waals surface area contributed by atoms with Crippen LogP contribution in [0.25, 0.3) is 22.1 Å². The van der Waals surface area contributed by atoms with Gasteiger partial charge in [0.1, 0.15) is 28.9 Å². The van der Waals surface area contributed by atoms with Gasteiger partial charge in [0.25, 0.3) is 0 Å². The highest BCUT2D eigenvalue weighted by Crippen LogP contribution is 2.35. The number of anilines is 3. The van der Waals surface area contributed by atoms with Crippen molar-refractivity contribution < 1.29 is 9.47 Å². The zero-order valence-electron chi connectivity index (χ0n) is 20.0. The molecule has 10 nitrogen and oxygen atoms in total. The van der Waals surface area contributed by atoms with Crippen molar-refractivity contribution in [3.05, 3.63) is 60.3 Å². The van der Waals surface area contributed by atoms with E-state index in [1.54, 1.807) is 18.6 Å². The molecule has 0 radical (unpaired) electrons. The van der Waals surface area contributed by atoms with Gasteiger partial charge in [0.15, 0.2) is 5.82 Å². The number of aromatic nitrogens is 6. The predicted octanol–water partition coefficient (Wildman–Crippen LogP) is 4.86. The van der Waals surface area contributed by atoms with Gasteiger partial charge in [-0.2, -0.15) is 0 Å². The largest absolute Gasteiger partial charge is 0.456 e. The third-order valence-electron chi connectivity index (χ3n) is 6.96. The van der Waals surface area contributed by atoms with E-state index in [2.05, 4.69) is 30.2 Å². The normalized spacial score (nSPS) is 19.0. The maximum atomic E-state index is 6.59. The number of rotatable bonds is 5. The van der Waals surface area contributed by atoms with Gasteiger partial charge >= 0.3 is 0 Å². The van der Waals surface area contributed by atoms with Crippen LogP contribution in [0, 0.1) is 0 Å². The molecule has 2 aliphatic heterocycles. The maximum absolute atomic E-state index is 6.59. The zero-order chi connectivity index (χ0) is 24.9. The number of fused-ring (bicyclic) bond motifs is 4. The molecule has 11 heteroatoms. The van der Waals surface area contributed by atoms with Crippen molar-refractivity contribution in [3.8, 4) is 11.5 Å². The molecule has 5 aromatic rings. The Kier molecular flexibility index (Phi) is 5.29. The number of nitrogens with one attached hydrogen (secondary N) is 1. The standard InChI is InChI=1S/C26H23ClN8O2/c1-34-14-31-20-9-18(5-6-22(20)34)37-23-7-2-15(8-19(23)27)32-25-24-21(29-13-30-25)10-28-26(33-24)35-16-3-4-17(35)12-36-11-16/h2,5-10,13-14,16-17H,3-4,11-12H2,1H3,(H,29,30,32). The van der Waals surface area contributed by atoms with E-state index < -0.39 is 0 Å². The molecular weight excluding hydrogens is 492 g/mol. The molecule has 0 saturated carbocycles. The molecule has 0 amide bonds. The average molecular weight is 515 g/mol. The van der Waals surface area contributed by atoms with Crippen molar-refractivity contribution in [2.24, 2.45) is 7.05 Å². The molecule has 2 aromatic carbocycles. The van der Waals surface area contributed by atoms with Gasteiger partial charge in [0.2, 0.25) is 5.95 Å². The Morgan fingerprint density at radius 1 is 1.00 bits per heavy atom. The predicted molar refractivity (Wildman–Crippen MR) is 141 cm³/mol. The minimum atomic E-state index is 0.307. The lowest BCUT2D eigenvalue weighted by Gasteiger charge is -2.34. The van der Waals surface area contributed by atoms with Gasteiger partial charge in [-0.1, -0.05) is 11.6 Å². The van der Waals surface area contributed by atoms with Crippen LogP contribution in [0.15, 0.2) is 55.2 Å². The second-order valence-corrected chi connectivity index (χ2v) is 9.74. The van der Waals surface area contributed by atoms with E-state index in [0.29, 0.717) is 64.6 Å². The van der Waals surface area contributed by atoms with Crippen LogP contribution in [0.2, 0.25) is 5.02 Å². The van der Waals surface area contributed by atoms with Crippen molar-refractivity contribution in [2.75, 3.05) is 23.4 Å². The fraction of sp³-hybridized carbons (Fsp3) is 0.269. The summed E-state index contributed by atoms with van der Waals surface area (Å²) in [5.74, 6) is 2.48. The fourth-order valence-electron chi connectivity index (χ4n) is 5.12. The summed E-state index contributed by atoms with van der Waals surface area (Å²) in [6, 6.07) is 11.9. The third-order valence-corrected chi connectivity index (χ3v) is 7.25. The first-order chi connectivity index (χ1) is 18.1. The van der Waals surface area contributed by atoms with Gasteiger partial charge in [0.05, 0.1) is 53.9 Å². The Hall–Kier alpha value is -4.02. The number of morpholine rings is 1. The highest BCUT2D eigenvalue weighted by molar-refractivity contribution is 6.32. The number of aryl methyl sites for hydroxylation is 1. The van der Waals surface area contributed by atoms with Crippen LogP contribution in [0.1, 0.15) is 12.8 Å². The lowest BCUT2D eigenvalue weighted by Crippen LogP contribution is -2.46. The molecule has 2 aliphatic rings. The fourth-order valence-corrected chi connectivity index (χ4v) is 5.34. The van der Waals surface area contributed by atoms with E-state index in [4.69, 9.17) is 26.1 Å². The van der Waals surface area contributed by atoms with E-state index in [9.17, 15) is 0 Å². The molecule has 2 atom stereocenters. The minimum absolute atomic E-state index is 0.307. The molecule has 2 fully saturated rings. The Labute approximate surface area is 217 Å². The van der Waals surface area contributed by atoms with Crippen molar-refractivity contribution in [3.63, 3.8) is 0 Å². The Morgan fingerprint density at radius 2 is 1.86 bits per heavy atom. The minimum Gasteiger partial charge on any atom is -0.456 e. The van der Waals surface area contributed by atoms with E-state index in [-0.39, 0.29) is 0 Å². The van der Waals surface area contributed by atoms with Gasteiger partial charge in [-0.05, 0) is 43.2 Å². The Morgan fingerprint density at radius 3 is 2.70 bits per heavy atom. The second kappa shape index (κ2) is 8.82. The number of halogens is 1. The number of ether oxygens (including phenoxy) is 2. The van der Waals surface area contributed by atoms with Crippen molar-refractivity contribution in [1.29, 1.82) is 0 Å². The van der Waals surface area contributed by atoms with Gasteiger partial charge in [0, 0.05) is 18.8 Å². The summed E-state index contributed by atoms with van der Waals surface area (Å²) < 4.78 is 13.7. The van der Waals surface area contributed by atoms with E-state index in [1.165, 1.54) is 6.33 Å². The quantitative estimate of drug-likeness (QED) is 0.352. The van der Waals surface area contributed by atoms with E-state index in [0.717, 1.165) is 29.6 Å². The number of hydrogen-bond donors (Lipinski definition) is 1. The van der Waals surface area contributed by atoms with Crippen LogP contribution in [0.4, 0.5) is 17.5 Å². The van der Waals surface area contributed by atoms with Crippen LogP contribution in [-0.2, 0) is 11.8 Å². The smallest absolute Gasteiger partial charge is 0.226 e. The molecule has 1 N–H and O–H groups in total. The summed E-state index contributed by atoms with van der Waals surface area (Å²) in [4.78, 5) is 24.9. The van der Waals surface area contributed by atoms with Gasteiger partial charge in [-0.25, -0.2) is 24.9 Å². The Bertz CT molecular complexity index is 1620. The number of hydrogen-bond acceptors (Lipinski definition) is 9. The molecular formula is C26H23ClN8O2. The first-order valence-corrected chi connectivity index (χ1v) is 12.5. The van der Waals surface area contributed by atoms with Crippen molar-refractivity contribution in [1.82, 2.24) is 29.5 Å². The Balaban J connectivity index is 1.15. The van der Waals surface area contributed by atoms with Crippen LogP contribution in [0.3, 0.4) is 0 Å². The zero-order valence-corrected chi connectivity index (χ0v) is 20.8. The van der Waals surface area contributed by atoms with E-state index in [1.807, 2.05) is 41.9 Å². The molecule has 0 aliphatic carbocycles. The highest BCUT2D eigenvalue weighted by atomic mass is 35.5.